The molecule has 2 amide bonds. The maximum Gasteiger partial charge on any atom is 0.269 e. The number of hydrogen-bond donors (Lipinski definition) is 3. The Morgan fingerprint density at radius 1 is 0.966 bits per heavy atom. The van der Waals surface area contributed by atoms with Crippen LogP contribution in [0.2, 0.25) is 0 Å². The van der Waals surface area contributed by atoms with Crippen LogP contribution in [-0.4, -0.2) is 44.4 Å². The summed E-state index contributed by atoms with van der Waals surface area (Å²) in [6.45, 7) is 0.891. The smallest absolute Gasteiger partial charge is 0.269 e. The molecular formula is C19H20BrN3O5S. The quantitative estimate of drug-likeness (QED) is 0.317. The minimum atomic E-state index is -0.428. The third-order valence-electron chi connectivity index (χ3n) is 3.60. The van der Waals surface area contributed by atoms with E-state index in [1.54, 1.807) is 49.6 Å². The van der Waals surface area contributed by atoms with Crippen molar-refractivity contribution in [3.8, 4) is 11.5 Å². The zero-order valence-electron chi connectivity index (χ0n) is 15.8. The zero-order chi connectivity index (χ0) is 21.2. The van der Waals surface area contributed by atoms with Crippen molar-refractivity contribution in [3.05, 3.63) is 58.1 Å². The lowest BCUT2D eigenvalue weighted by Gasteiger charge is -2.12. The number of halogens is 1. The van der Waals surface area contributed by atoms with Gasteiger partial charge in [0.05, 0.1) is 18.2 Å². The molecule has 2 aromatic carbocycles. The Balaban J connectivity index is 1.83. The molecule has 0 heterocycles. The molecule has 0 aromatic heterocycles. The maximum absolute atomic E-state index is 12.2. The number of hydrazine groups is 1. The van der Waals surface area contributed by atoms with Gasteiger partial charge in [-0.25, -0.2) is 0 Å². The van der Waals surface area contributed by atoms with Crippen LogP contribution in [0.25, 0.3) is 0 Å². The lowest BCUT2D eigenvalue weighted by Crippen LogP contribution is -2.48. The fourth-order valence-corrected chi connectivity index (χ4v) is 2.83. The van der Waals surface area contributed by atoms with Crippen molar-refractivity contribution < 1.29 is 23.8 Å². The Labute approximate surface area is 182 Å². The third kappa shape index (κ3) is 7.00. The molecule has 0 aliphatic heterocycles. The van der Waals surface area contributed by atoms with Crippen molar-refractivity contribution in [2.24, 2.45) is 0 Å². The van der Waals surface area contributed by atoms with Gasteiger partial charge in [-0.1, -0.05) is 0 Å². The molecule has 3 N–H and O–H groups in total. The summed E-state index contributed by atoms with van der Waals surface area (Å²) in [6.07, 6.45) is 0. The highest BCUT2D eigenvalue weighted by Gasteiger charge is 2.11. The van der Waals surface area contributed by atoms with Gasteiger partial charge in [0, 0.05) is 18.2 Å². The van der Waals surface area contributed by atoms with E-state index in [4.69, 9.17) is 26.4 Å². The lowest BCUT2D eigenvalue weighted by molar-refractivity contribution is 0.0934. The van der Waals surface area contributed by atoms with Crippen molar-refractivity contribution in [3.63, 3.8) is 0 Å². The fraction of sp³-hybridized carbons (Fsp3) is 0.211. The van der Waals surface area contributed by atoms with E-state index in [0.717, 1.165) is 0 Å². The van der Waals surface area contributed by atoms with Crippen molar-refractivity contribution in [1.82, 2.24) is 16.2 Å². The molecule has 0 saturated carbocycles. The Kier molecular flexibility index (Phi) is 8.84. The topological polar surface area (TPSA) is 97.9 Å². The Bertz CT molecular complexity index is 877. The van der Waals surface area contributed by atoms with Crippen LogP contribution in [0.4, 0.5) is 0 Å². The van der Waals surface area contributed by atoms with Crippen molar-refractivity contribution in [2.75, 3.05) is 27.4 Å². The standard InChI is InChI=1S/C19H20BrN3O5S/c1-26-9-10-28-14-6-3-12(4-7-14)17(24)21-19(29)23-22-18(25)13-5-8-16(27-2)15(20)11-13/h3-8,11H,9-10H2,1-2H3,(H,22,25)(H2,21,23,24,29). The SMILES string of the molecule is COCCOc1ccc(C(=O)NC(=S)NNC(=O)c2ccc(OC)c(Br)c2)cc1. The number of rotatable bonds is 7. The van der Waals surface area contributed by atoms with Crippen LogP contribution in [0.1, 0.15) is 20.7 Å². The van der Waals surface area contributed by atoms with Crippen molar-refractivity contribution in [2.45, 2.75) is 0 Å². The minimum absolute atomic E-state index is 0.0450. The highest BCUT2D eigenvalue weighted by atomic mass is 79.9. The van der Waals surface area contributed by atoms with Crippen LogP contribution in [0.5, 0.6) is 11.5 Å². The first kappa shape index (κ1) is 22.6. The van der Waals surface area contributed by atoms with E-state index in [1.165, 1.54) is 7.11 Å². The lowest BCUT2D eigenvalue weighted by atomic mass is 10.2. The average Bonchev–Trinajstić information content (AvgIpc) is 2.72. The number of benzene rings is 2. The molecule has 0 fully saturated rings. The summed E-state index contributed by atoms with van der Waals surface area (Å²) >= 11 is 8.35. The van der Waals surface area contributed by atoms with Crippen LogP contribution in [0, 0.1) is 0 Å². The summed E-state index contributed by atoms with van der Waals surface area (Å²) in [5.41, 5.74) is 5.68. The Hall–Kier alpha value is -2.69. The molecule has 0 spiro atoms. The van der Waals surface area contributed by atoms with E-state index in [1.807, 2.05) is 0 Å². The monoisotopic (exact) mass is 481 g/mol. The van der Waals surface area contributed by atoms with Gasteiger partial charge in [-0.2, -0.15) is 0 Å². The van der Waals surface area contributed by atoms with Gasteiger partial charge in [0.1, 0.15) is 18.1 Å². The normalized spacial score (nSPS) is 10.0. The molecule has 10 heteroatoms. The second kappa shape index (κ2) is 11.3. The number of ether oxygens (including phenoxy) is 3. The summed E-state index contributed by atoms with van der Waals surface area (Å²) < 4.78 is 16.1. The molecule has 0 saturated heterocycles. The highest BCUT2D eigenvalue weighted by Crippen LogP contribution is 2.25. The molecule has 8 nitrogen and oxygen atoms in total. The molecule has 2 aromatic rings. The molecule has 0 unspecified atom stereocenters. The van der Waals surface area contributed by atoms with Crippen LogP contribution < -0.4 is 25.6 Å². The summed E-state index contributed by atoms with van der Waals surface area (Å²) in [4.78, 5) is 24.4. The first-order valence-electron chi connectivity index (χ1n) is 8.41. The Morgan fingerprint density at radius 2 is 1.66 bits per heavy atom. The molecular weight excluding hydrogens is 462 g/mol. The molecule has 0 aliphatic rings. The van der Waals surface area contributed by atoms with Crippen molar-refractivity contribution in [1.29, 1.82) is 0 Å². The number of carbonyl (C=O) groups excluding carboxylic acids is 2. The number of carbonyl (C=O) groups is 2. The minimum Gasteiger partial charge on any atom is -0.496 e. The second-order valence-corrected chi connectivity index (χ2v) is 6.84. The van der Waals surface area contributed by atoms with E-state index in [0.29, 0.717) is 40.3 Å². The molecule has 0 radical (unpaired) electrons. The van der Waals surface area contributed by atoms with Gasteiger partial charge in [0.2, 0.25) is 0 Å². The van der Waals surface area contributed by atoms with E-state index >= 15 is 0 Å². The first-order chi connectivity index (χ1) is 13.9. The zero-order valence-corrected chi connectivity index (χ0v) is 18.2. The molecule has 0 bridgehead atoms. The summed E-state index contributed by atoms with van der Waals surface area (Å²) in [5, 5.41) is 2.44. The molecule has 154 valence electrons. The molecule has 0 atom stereocenters. The van der Waals surface area contributed by atoms with Gasteiger partial charge in [-0.05, 0) is 70.6 Å². The average molecular weight is 482 g/mol. The molecule has 0 aliphatic carbocycles. The van der Waals surface area contributed by atoms with E-state index in [-0.39, 0.29) is 5.11 Å². The second-order valence-electron chi connectivity index (χ2n) is 5.58. The number of thiocarbonyl (C=S) groups is 1. The van der Waals surface area contributed by atoms with Gasteiger partial charge >= 0.3 is 0 Å². The predicted molar refractivity (Wildman–Crippen MR) is 115 cm³/mol. The van der Waals surface area contributed by atoms with Gasteiger partial charge in [-0.3, -0.25) is 25.8 Å². The number of methoxy groups -OCH3 is 2. The van der Waals surface area contributed by atoms with Crippen LogP contribution >= 0.6 is 28.1 Å². The van der Waals surface area contributed by atoms with E-state index in [2.05, 4.69) is 32.1 Å². The number of nitrogens with one attached hydrogen (secondary N) is 3. The fourth-order valence-electron chi connectivity index (χ4n) is 2.15. The van der Waals surface area contributed by atoms with Crippen LogP contribution in [0.15, 0.2) is 46.9 Å². The van der Waals surface area contributed by atoms with Gasteiger partial charge in [0.25, 0.3) is 11.8 Å². The van der Waals surface area contributed by atoms with Gasteiger partial charge in [0.15, 0.2) is 5.11 Å². The molecule has 29 heavy (non-hydrogen) atoms. The summed E-state index contributed by atoms with van der Waals surface area (Å²) in [7, 11) is 3.12. The molecule has 2 rings (SSSR count). The largest absolute Gasteiger partial charge is 0.496 e. The Morgan fingerprint density at radius 3 is 2.28 bits per heavy atom. The first-order valence-corrected chi connectivity index (χ1v) is 9.61. The third-order valence-corrected chi connectivity index (χ3v) is 4.43. The van der Waals surface area contributed by atoms with Gasteiger partial charge < -0.3 is 14.2 Å². The summed E-state index contributed by atoms with van der Waals surface area (Å²) in [5.74, 6) is 0.375. The number of hydrogen-bond acceptors (Lipinski definition) is 6. The maximum atomic E-state index is 12.2. The van der Waals surface area contributed by atoms with Crippen LogP contribution in [0.3, 0.4) is 0 Å². The predicted octanol–water partition coefficient (Wildman–Crippen LogP) is 2.43. The summed E-state index contributed by atoms with van der Waals surface area (Å²) in [6, 6.07) is 11.4. The van der Waals surface area contributed by atoms with E-state index in [9.17, 15) is 9.59 Å². The van der Waals surface area contributed by atoms with Gasteiger partial charge in [-0.15, -0.1) is 0 Å². The van der Waals surface area contributed by atoms with Crippen molar-refractivity contribution >= 4 is 45.1 Å². The number of amides is 2. The van der Waals surface area contributed by atoms with E-state index < -0.39 is 11.8 Å². The highest BCUT2D eigenvalue weighted by molar-refractivity contribution is 9.10. The van der Waals surface area contributed by atoms with Crippen LogP contribution in [-0.2, 0) is 4.74 Å².